The summed E-state index contributed by atoms with van der Waals surface area (Å²) in [5, 5.41) is 2.87. The van der Waals surface area contributed by atoms with Crippen molar-refractivity contribution in [3.63, 3.8) is 0 Å². The fraction of sp³-hybridized carbons (Fsp3) is 0.316. The van der Waals surface area contributed by atoms with Crippen LogP contribution < -0.4 is 5.32 Å². The zero-order chi connectivity index (χ0) is 17.8. The molecule has 0 aliphatic carbocycles. The van der Waals surface area contributed by atoms with Gasteiger partial charge in [-0.15, -0.1) is 0 Å². The van der Waals surface area contributed by atoms with Crippen LogP contribution >= 0.6 is 27.7 Å². The molecule has 0 saturated carbocycles. The first-order valence-corrected chi connectivity index (χ1v) is 10.1. The highest BCUT2D eigenvalue weighted by Gasteiger charge is 2.14. The number of hydrogen-bond donors (Lipinski definition) is 1. The lowest BCUT2D eigenvalue weighted by Crippen LogP contribution is -2.31. The van der Waals surface area contributed by atoms with E-state index in [1.807, 2.05) is 30.8 Å². The van der Waals surface area contributed by atoms with E-state index in [1.54, 1.807) is 0 Å². The first-order valence-electron chi connectivity index (χ1n) is 8.19. The maximum absolute atomic E-state index is 13.4. The van der Waals surface area contributed by atoms with Crippen LogP contribution in [0.1, 0.15) is 21.5 Å². The van der Waals surface area contributed by atoms with Crippen molar-refractivity contribution in [2.75, 3.05) is 29.9 Å². The number of hydrogen-bond acceptors (Lipinski definition) is 3. The van der Waals surface area contributed by atoms with E-state index in [2.05, 4.69) is 32.2 Å². The maximum Gasteiger partial charge on any atom is 0.256 e. The molecule has 0 aromatic heterocycles. The number of rotatable bonds is 4. The third kappa shape index (κ3) is 4.84. The lowest BCUT2D eigenvalue weighted by Gasteiger charge is -2.26. The summed E-state index contributed by atoms with van der Waals surface area (Å²) in [5.41, 5.74) is 3.28. The second kappa shape index (κ2) is 8.34. The first-order chi connectivity index (χ1) is 12.0. The molecule has 0 unspecified atom stereocenters. The monoisotopic (exact) mass is 422 g/mol. The molecule has 3 rings (SSSR count). The first kappa shape index (κ1) is 18.4. The average Bonchev–Trinajstić information content (AvgIpc) is 2.60. The topological polar surface area (TPSA) is 32.3 Å². The van der Waals surface area contributed by atoms with E-state index >= 15 is 0 Å². The number of carbonyl (C=O) groups excluding carboxylic acids is 1. The Balaban J connectivity index is 1.70. The SMILES string of the molecule is Cc1cc(CN2CCSCC2)ccc1NC(=O)c1cc(F)ccc1Br. The summed E-state index contributed by atoms with van der Waals surface area (Å²) in [6, 6.07) is 10.2. The Hall–Kier alpha value is -1.37. The summed E-state index contributed by atoms with van der Waals surface area (Å²) in [7, 11) is 0. The molecule has 2 aromatic carbocycles. The van der Waals surface area contributed by atoms with Gasteiger partial charge in [0.05, 0.1) is 5.56 Å². The maximum atomic E-state index is 13.4. The lowest BCUT2D eigenvalue weighted by molar-refractivity contribution is 0.102. The molecule has 132 valence electrons. The van der Waals surface area contributed by atoms with E-state index in [0.717, 1.165) is 30.9 Å². The number of benzene rings is 2. The van der Waals surface area contributed by atoms with E-state index < -0.39 is 5.82 Å². The van der Waals surface area contributed by atoms with Gasteiger partial charge >= 0.3 is 0 Å². The van der Waals surface area contributed by atoms with Crippen LogP contribution in [0.15, 0.2) is 40.9 Å². The molecule has 25 heavy (non-hydrogen) atoms. The van der Waals surface area contributed by atoms with E-state index in [0.29, 0.717) is 4.47 Å². The van der Waals surface area contributed by atoms with Crippen LogP contribution in [-0.4, -0.2) is 35.4 Å². The molecule has 2 aromatic rings. The van der Waals surface area contributed by atoms with Crippen LogP contribution in [0.4, 0.5) is 10.1 Å². The predicted octanol–water partition coefficient (Wildman–Crippen LogP) is 4.70. The van der Waals surface area contributed by atoms with Crippen molar-refractivity contribution in [3.8, 4) is 0 Å². The molecular weight excluding hydrogens is 403 g/mol. The molecule has 0 bridgehead atoms. The molecule has 1 N–H and O–H groups in total. The minimum absolute atomic E-state index is 0.286. The number of thioether (sulfide) groups is 1. The van der Waals surface area contributed by atoms with Crippen molar-refractivity contribution in [3.05, 3.63) is 63.4 Å². The van der Waals surface area contributed by atoms with Gasteiger partial charge in [-0.3, -0.25) is 9.69 Å². The van der Waals surface area contributed by atoms with Gasteiger partial charge in [0.15, 0.2) is 0 Å². The quantitative estimate of drug-likeness (QED) is 0.774. The number of nitrogens with zero attached hydrogens (tertiary/aromatic N) is 1. The van der Waals surface area contributed by atoms with Gasteiger partial charge in [0.2, 0.25) is 0 Å². The Morgan fingerprint density at radius 1 is 1.24 bits per heavy atom. The van der Waals surface area contributed by atoms with Gasteiger partial charge in [-0.05, 0) is 58.2 Å². The van der Waals surface area contributed by atoms with Crippen molar-refractivity contribution < 1.29 is 9.18 Å². The highest BCUT2D eigenvalue weighted by molar-refractivity contribution is 9.10. The van der Waals surface area contributed by atoms with Crippen molar-refractivity contribution in [2.24, 2.45) is 0 Å². The van der Waals surface area contributed by atoms with E-state index in [1.165, 1.54) is 35.3 Å². The minimum Gasteiger partial charge on any atom is -0.322 e. The molecule has 3 nitrogen and oxygen atoms in total. The number of anilines is 1. The summed E-state index contributed by atoms with van der Waals surface area (Å²) in [5.74, 6) is 1.63. The second-order valence-corrected chi connectivity index (χ2v) is 8.20. The Morgan fingerprint density at radius 3 is 2.72 bits per heavy atom. The van der Waals surface area contributed by atoms with Gasteiger partial charge in [0.1, 0.15) is 5.82 Å². The lowest BCUT2D eigenvalue weighted by atomic mass is 10.1. The standard InChI is InChI=1S/C19H20BrFN2OS/c1-13-10-14(12-23-6-8-25-9-7-23)2-5-18(13)22-19(24)16-11-15(21)3-4-17(16)20/h2-5,10-11H,6-9,12H2,1H3,(H,22,24). The molecule has 1 fully saturated rings. The second-order valence-electron chi connectivity index (χ2n) is 6.12. The molecule has 1 aliphatic rings. The Labute approximate surface area is 160 Å². The summed E-state index contributed by atoms with van der Waals surface area (Å²) in [6.45, 7) is 5.16. The average molecular weight is 423 g/mol. The molecule has 6 heteroatoms. The Kier molecular flexibility index (Phi) is 6.15. The normalized spacial score (nSPS) is 15.2. The smallest absolute Gasteiger partial charge is 0.256 e. The van der Waals surface area contributed by atoms with E-state index in [-0.39, 0.29) is 11.5 Å². The van der Waals surface area contributed by atoms with Crippen LogP contribution in [0.2, 0.25) is 0 Å². The van der Waals surface area contributed by atoms with E-state index in [4.69, 9.17) is 0 Å². The van der Waals surface area contributed by atoms with Crippen LogP contribution in [0.5, 0.6) is 0 Å². The van der Waals surface area contributed by atoms with Crippen molar-refractivity contribution >= 4 is 39.3 Å². The van der Waals surface area contributed by atoms with Gasteiger partial charge < -0.3 is 5.32 Å². The van der Waals surface area contributed by atoms with Crippen LogP contribution in [0.25, 0.3) is 0 Å². The Bertz CT molecular complexity index is 778. The minimum atomic E-state index is -0.430. The zero-order valence-corrected chi connectivity index (χ0v) is 16.4. The number of halogens is 2. The third-order valence-electron chi connectivity index (χ3n) is 4.22. The highest BCUT2D eigenvalue weighted by atomic mass is 79.9. The van der Waals surface area contributed by atoms with Crippen LogP contribution in [-0.2, 0) is 6.54 Å². The molecular formula is C19H20BrFN2OS. The van der Waals surface area contributed by atoms with Crippen LogP contribution in [0, 0.1) is 12.7 Å². The number of amides is 1. The van der Waals surface area contributed by atoms with Gasteiger partial charge in [-0.25, -0.2) is 4.39 Å². The van der Waals surface area contributed by atoms with E-state index in [9.17, 15) is 9.18 Å². The van der Waals surface area contributed by atoms with Crippen LogP contribution in [0.3, 0.4) is 0 Å². The molecule has 1 heterocycles. The van der Waals surface area contributed by atoms with Crippen molar-refractivity contribution in [1.29, 1.82) is 0 Å². The summed E-state index contributed by atoms with van der Waals surface area (Å²) >= 11 is 5.30. The summed E-state index contributed by atoms with van der Waals surface area (Å²) in [6.07, 6.45) is 0. The summed E-state index contributed by atoms with van der Waals surface area (Å²) in [4.78, 5) is 14.9. The van der Waals surface area contributed by atoms with Gasteiger partial charge in [0.25, 0.3) is 5.91 Å². The van der Waals surface area contributed by atoms with Crippen molar-refractivity contribution in [1.82, 2.24) is 4.90 Å². The molecule has 1 saturated heterocycles. The third-order valence-corrected chi connectivity index (χ3v) is 5.86. The predicted molar refractivity (Wildman–Crippen MR) is 106 cm³/mol. The number of nitrogens with one attached hydrogen (secondary N) is 1. The highest BCUT2D eigenvalue weighted by Crippen LogP contribution is 2.23. The summed E-state index contributed by atoms with van der Waals surface area (Å²) < 4.78 is 14.0. The molecule has 1 aliphatic heterocycles. The van der Waals surface area contributed by atoms with Gasteiger partial charge in [0, 0.05) is 41.3 Å². The van der Waals surface area contributed by atoms with Crippen molar-refractivity contribution in [2.45, 2.75) is 13.5 Å². The zero-order valence-electron chi connectivity index (χ0n) is 14.0. The molecule has 0 atom stereocenters. The number of carbonyl (C=O) groups is 1. The number of aryl methyl sites for hydroxylation is 1. The Morgan fingerprint density at radius 2 is 2.00 bits per heavy atom. The molecule has 0 radical (unpaired) electrons. The molecule has 0 spiro atoms. The van der Waals surface area contributed by atoms with Gasteiger partial charge in [-0.1, -0.05) is 12.1 Å². The fourth-order valence-corrected chi connectivity index (χ4v) is 4.25. The van der Waals surface area contributed by atoms with Gasteiger partial charge in [-0.2, -0.15) is 11.8 Å². The molecule has 1 amide bonds. The fourth-order valence-electron chi connectivity index (χ4n) is 2.84. The largest absolute Gasteiger partial charge is 0.322 e.